The summed E-state index contributed by atoms with van der Waals surface area (Å²) in [6.07, 6.45) is 2.43. The number of nitrogens with zero attached hydrogens (tertiary/aromatic N) is 1. The highest BCUT2D eigenvalue weighted by Crippen LogP contribution is 2.03. The molecular formula is C11H22N2O2. The highest BCUT2D eigenvalue weighted by Gasteiger charge is 2.18. The highest BCUT2D eigenvalue weighted by atomic mass is 16.5. The lowest BCUT2D eigenvalue weighted by molar-refractivity contribution is -0.124. The van der Waals surface area contributed by atoms with Crippen LogP contribution in [0.5, 0.6) is 0 Å². The normalized spacial score (nSPS) is 22.7. The second-order valence-corrected chi connectivity index (χ2v) is 4.12. The molecule has 15 heavy (non-hydrogen) atoms. The van der Waals surface area contributed by atoms with Gasteiger partial charge in [-0.1, -0.05) is 13.3 Å². The lowest BCUT2D eigenvalue weighted by Gasteiger charge is -2.30. The first-order chi connectivity index (χ1) is 7.22. The van der Waals surface area contributed by atoms with E-state index in [4.69, 9.17) is 4.74 Å². The average Bonchev–Trinajstić information content (AvgIpc) is 2.18. The van der Waals surface area contributed by atoms with Crippen molar-refractivity contribution >= 4 is 5.91 Å². The van der Waals surface area contributed by atoms with Gasteiger partial charge in [0.05, 0.1) is 19.3 Å². The monoisotopic (exact) mass is 214 g/mol. The number of hydrogen-bond acceptors (Lipinski definition) is 3. The van der Waals surface area contributed by atoms with Crippen molar-refractivity contribution in [2.45, 2.75) is 32.8 Å². The van der Waals surface area contributed by atoms with E-state index in [1.54, 1.807) is 0 Å². The van der Waals surface area contributed by atoms with Crippen molar-refractivity contribution in [1.29, 1.82) is 0 Å². The van der Waals surface area contributed by atoms with Crippen molar-refractivity contribution < 1.29 is 9.53 Å². The van der Waals surface area contributed by atoms with Gasteiger partial charge in [-0.25, -0.2) is 0 Å². The Kier molecular flexibility index (Phi) is 5.65. The standard InChI is InChI=1S/C11H22N2O2/c1-3-4-5-12-11(14)9-13-6-7-15-10(2)8-13/h10H,3-9H2,1-2H3,(H,12,14). The maximum absolute atomic E-state index is 11.5. The Balaban J connectivity index is 2.13. The number of unbranched alkanes of at least 4 members (excludes halogenated alkanes) is 1. The molecule has 1 N–H and O–H groups in total. The topological polar surface area (TPSA) is 41.6 Å². The number of carbonyl (C=O) groups is 1. The number of amides is 1. The Morgan fingerprint density at radius 3 is 3.07 bits per heavy atom. The predicted octanol–water partition coefficient (Wildman–Crippen LogP) is 0.623. The molecule has 0 aromatic carbocycles. The minimum atomic E-state index is 0.137. The van der Waals surface area contributed by atoms with Crippen LogP contribution in [0.25, 0.3) is 0 Å². The summed E-state index contributed by atoms with van der Waals surface area (Å²) in [6.45, 7) is 7.94. The summed E-state index contributed by atoms with van der Waals surface area (Å²) in [5, 5.41) is 2.92. The van der Waals surface area contributed by atoms with Crippen LogP contribution in [0.15, 0.2) is 0 Å². The summed E-state index contributed by atoms with van der Waals surface area (Å²) in [4.78, 5) is 13.6. The third-order valence-electron chi connectivity index (χ3n) is 2.54. The molecule has 1 rings (SSSR count). The second kappa shape index (κ2) is 6.80. The largest absolute Gasteiger partial charge is 0.376 e. The number of nitrogens with one attached hydrogen (secondary N) is 1. The van der Waals surface area contributed by atoms with E-state index in [-0.39, 0.29) is 12.0 Å². The van der Waals surface area contributed by atoms with E-state index in [1.807, 2.05) is 6.92 Å². The fourth-order valence-electron chi connectivity index (χ4n) is 1.70. The first-order valence-corrected chi connectivity index (χ1v) is 5.83. The molecule has 0 radical (unpaired) electrons. The SMILES string of the molecule is CCCCNC(=O)CN1CCOC(C)C1. The minimum absolute atomic E-state index is 0.137. The Bertz CT molecular complexity index is 197. The van der Waals surface area contributed by atoms with Gasteiger partial charge >= 0.3 is 0 Å². The van der Waals surface area contributed by atoms with Crippen LogP contribution in [0, 0.1) is 0 Å². The molecular weight excluding hydrogens is 192 g/mol. The third kappa shape index (κ3) is 5.14. The summed E-state index contributed by atoms with van der Waals surface area (Å²) in [6, 6.07) is 0. The van der Waals surface area contributed by atoms with E-state index in [9.17, 15) is 4.79 Å². The molecule has 1 aliphatic heterocycles. The van der Waals surface area contributed by atoms with E-state index in [0.717, 1.165) is 39.1 Å². The van der Waals surface area contributed by atoms with Crippen molar-refractivity contribution in [1.82, 2.24) is 10.2 Å². The first-order valence-electron chi connectivity index (χ1n) is 5.83. The number of hydrogen-bond donors (Lipinski definition) is 1. The van der Waals surface area contributed by atoms with Crippen LogP contribution in [0.2, 0.25) is 0 Å². The summed E-state index contributed by atoms with van der Waals surface area (Å²) >= 11 is 0. The van der Waals surface area contributed by atoms with Gasteiger partial charge in [-0.3, -0.25) is 9.69 Å². The van der Waals surface area contributed by atoms with Crippen LogP contribution in [0.3, 0.4) is 0 Å². The van der Waals surface area contributed by atoms with Crippen LogP contribution < -0.4 is 5.32 Å². The van der Waals surface area contributed by atoms with E-state index in [0.29, 0.717) is 6.54 Å². The number of carbonyl (C=O) groups excluding carboxylic acids is 1. The molecule has 88 valence electrons. The van der Waals surface area contributed by atoms with Crippen molar-refractivity contribution in [2.75, 3.05) is 32.8 Å². The molecule has 0 aromatic heterocycles. The molecule has 4 nitrogen and oxygen atoms in total. The van der Waals surface area contributed by atoms with Gasteiger partial charge in [-0.2, -0.15) is 0 Å². The van der Waals surface area contributed by atoms with Gasteiger partial charge in [0, 0.05) is 19.6 Å². The Hall–Kier alpha value is -0.610. The van der Waals surface area contributed by atoms with E-state index < -0.39 is 0 Å². The van der Waals surface area contributed by atoms with Crippen LogP contribution in [-0.4, -0.2) is 49.7 Å². The van der Waals surface area contributed by atoms with Crippen LogP contribution in [-0.2, 0) is 9.53 Å². The lowest BCUT2D eigenvalue weighted by atomic mass is 10.3. The van der Waals surface area contributed by atoms with Gasteiger partial charge in [0.25, 0.3) is 0 Å². The second-order valence-electron chi connectivity index (χ2n) is 4.12. The molecule has 1 heterocycles. The molecule has 1 aliphatic rings. The Morgan fingerprint density at radius 2 is 2.40 bits per heavy atom. The van der Waals surface area contributed by atoms with Gasteiger partial charge in [-0.15, -0.1) is 0 Å². The predicted molar refractivity (Wildman–Crippen MR) is 59.8 cm³/mol. The average molecular weight is 214 g/mol. The maximum atomic E-state index is 11.5. The molecule has 1 unspecified atom stereocenters. The van der Waals surface area contributed by atoms with Gasteiger partial charge in [0.1, 0.15) is 0 Å². The van der Waals surface area contributed by atoms with Crippen LogP contribution >= 0.6 is 0 Å². The zero-order valence-electron chi connectivity index (χ0n) is 9.79. The number of morpholine rings is 1. The van der Waals surface area contributed by atoms with Crippen molar-refractivity contribution in [3.8, 4) is 0 Å². The fraction of sp³-hybridized carbons (Fsp3) is 0.909. The molecule has 1 saturated heterocycles. The van der Waals surface area contributed by atoms with Gasteiger partial charge in [0.15, 0.2) is 0 Å². The van der Waals surface area contributed by atoms with Gasteiger partial charge in [-0.05, 0) is 13.3 Å². The molecule has 0 aliphatic carbocycles. The molecule has 1 fully saturated rings. The van der Waals surface area contributed by atoms with Crippen molar-refractivity contribution in [3.63, 3.8) is 0 Å². The van der Waals surface area contributed by atoms with E-state index in [2.05, 4.69) is 17.1 Å². The van der Waals surface area contributed by atoms with Gasteiger partial charge in [0.2, 0.25) is 5.91 Å². The summed E-state index contributed by atoms with van der Waals surface area (Å²) in [5.74, 6) is 0.137. The van der Waals surface area contributed by atoms with Crippen LogP contribution in [0.4, 0.5) is 0 Å². The van der Waals surface area contributed by atoms with Crippen LogP contribution in [0.1, 0.15) is 26.7 Å². The van der Waals surface area contributed by atoms with Crippen molar-refractivity contribution in [3.05, 3.63) is 0 Å². The number of ether oxygens (including phenoxy) is 1. The molecule has 0 bridgehead atoms. The zero-order valence-corrected chi connectivity index (χ0v) is 9.79. The molecule has 1 atom stereocenters. The third-order valence-corrected chi connectivity index (χ3v) is 2.54. The van der Waals surface area contributed by atoms with Gasteiger partial charge < -0.3 is 10.1 Å². The summed E-state index contributed by atoms with van der Waals surface area (Å²) < 4.78 is 5.41. The quantitative estimate of drug-likeness (QED) is 0.682. The molecule has 1 amide bonds. The molecule has 4 heteroatoms. The van der Waals surface area contributed by atoms with Crippen molar-refractivity contribution in [2.24, 2.45) is 0 Å². The van der Waals surface area contributed by atoms with E-state index in [1.165, 1.54) is 0 Å². The minimum Gasteiger partial charge on any atom is -0.376 e. The smallest absolute Gasteiger partial charge is 0.234 e. The summed E-state index contributed by atoms with van der Waals surface area (Å²) in [7, 11) is 0. The summed E-state index contributed by atoms with van der Waals surface area (Å²) in [5.41, 5.74) is 0. The van der Waals surface area contributed by atoms with E-state index >= 15 is 0 Å². The molecule has 0 aromatic rings. The first kappa shape index (κ1) is 12.5. The molecule has 0 spiro atoms. The molecule has 0 saturated carbocycles. The Morgan fingerprint density at radius 1 is 1.60 bits per heavy atom. The Labute approximate surface area is 92.0 Å². The fourth-order valence-corrected chi connectivity index (χ4v) is 1.70. The lowest BCUT2D eigenvalue weighted by Crippen LogP contribution is -2.46. The zero-order chi connectivity index (χ0) is 11.1. The number of rotatable bonds is 5. The highest BCUT2D eigenvalue weighted by molar-refractivity contribution is 5.77. The maximum Gasteiger partial charge on any atom is 0.234 e.